The van der Waals surface area contributed by atoms with Crippen LogP contribution in [0.4, 0.5) is 5.69 Å². The van der Waals surface area contributed by atoms with Gasteiger partial charge in [0.2, 0.25) is 17.7 Å². The summed E-state index contributed by atoms with van der Waals surface area (Å²) in [5.74, 6) is 0.283. The predicted molar refractivity (Wildman–Crippen MR) is 173 cm³/mol. The Balaban J connectivity index is 1.32. The highest BCUT2D eigenvalue weighted by molar-refractivity contribution is 6.38. The SMILES string of the molecule is CNC(=O)CCOc1ccc(C=CC(=O)NCC(=O)N(C)c2ccc(Cl)c(COc3cccc4ccc(C)nc34)c2Cl)cc1. The molecule has 44 heavy (non-hydrogen) atoms. The van der Waals surface area contributed by atoms with Crippen molar-refractivity contribution in [1.29, 1.82) is 0 Å². The summed E-state index contributed by atoms with van der Waals surface area (Å²) >= 11 is 13.2. The lowest BCUT2D eigenvalue weighted by Crippen LogP contribution is -2.37. The van der Waals surface area contributed by atoms with Crippen molar-refractivity contribution < 1.29 is 23.9 Å². The number of hydrogen-bond donors (Lipinski definition) is 2. The Morgan fingerprint density at radius 1 is 0.977 bits per heavy atom. The van der Waals surface area contributed by atoms with Gasteiger partial charge in [0.25, 0.3) is 0 Å². The number of amides is 3. The lowest BCUT2D eigenvalue weighted by Gasteiger charge is -2.21. The molecule has 1 heterocycles. The Hall–Kier alpha value is -4.60. The van der Waals surface area contributed by atoms with E-state index in [4.69, 9.17) is 32.7 Å². The number of aryl methyl sites for hydroxylation is 1. The van der Waals surface area contributed by atoms with Gasteiger partial charge in [-0.25, -0.2) is 4.98 Å². The maximum Gasteiger partial charge on any atom is 0.246 e. The maximum absolute atomic E-state index is 12.9. The van der Waals surface area contributed by atoms with E-state index in [1.54, 1.807) is 56.6 Å². The van der Waals surface area contributed by atoms with Crippen LogP contribution in [0.5, 0.6) is 11.5 Å². The number of para-hydroxylation sites is 1. The third-order valence-electron chi connectivity index (χ3n) is 6.69. The summed E-state index contributed by atoms with van der Waals surface area (Å²) in [6.07, 6.45) is 3.21. The van der Waals surface area contributed by atoms with Gasteiger partial charge in [0.05, 0.1) is 30.3 Å². The predicted octanol–water partition coefficient (Wildman–Crippen LogP) is 5.74. The molecule has 3 aromatic carbocycles. The highest BCUT2D eigenvalue weighted by atomic mass is 35.5. The van der Waals surface area contributed by atoms with Crippen molar-refractivity contribution in [2.45, 2.75) is 20.0 Å². The monoisotopic (exact) mass is 634 g/mol. The highest BCUT2D eigenvalue weighted by Crippen LogP contribution is 2.35. The maximum atomic E-state index is 12.9. The average Bonchev–Trinajstić information content (AvgIpc) is 3.02. The molecule has 228 valence electrons. The Kier molecular flexibility index (Phi) is 11.2. The zero-order chi connectivity index (χ0) is 31.6. The number of carbonyl (C=O) groups is 3. The van der Waals surface area contributed by atoms with Crippen LogP contribution in [0.2, 0.25) is 10.0 Å². The van der Waals surface area contributed by atoms with Gasteiger partial charge in [-0.1, -0.05) is 53.5 Å². The van der Waals surface area contributed by atoms with Crippen molar-refractivity contribution in [2.24, 2.45) is 0 Å². The third-order valence-corrected chi connectivity index (χ3v) is 7.47. The summed E-state index contributed by atoms with van der Waals surface area (Å²) in [4.78, 5) is 42.5. The molecule has 0 bridgehead atoms. The molecule has 2 N–H and O–H groups in total. The van der Waals surface area contributed by atoms with Crippen molar-refractivity contribution in [1.82, 2.24) is 15.6 Å². The summed E-state index contributed by atoms with van der Waals surface area (Å²) in [5.41, 5.74) is 3.30. The first kappa shape index (κ1) is 32.3. The number of anilines is 1. The van der Waals surface area contributed by atoms with Crippen molar-refractivity contribution in [3.63, 3.8) is 0 Å². The zero-order valence-corrected chi connectivity index (χ0v) is 26.0. The Morgan fingerprint density at radius 3 is 2.50 bits per heavy atom. The third kappa shape index (κ3) is 8.49. The molecule has 1 aromatic heterocycles. The van der Waals surface area contributed by atoms with Crippen LogP contribution in [0, 0.1) is 6.92 Å². The van der Waals surface area contributed by atoms with Gasteiger partial charge in [-0.2, -0.15) is 0 Å². The minimum Gasteiger partial charge on any atom is -0.493 e. The van der Waals surface area contributed by atoms with E-state index in [2.05, 4.69) is 15.6 Å². The van der Waals surface area contributed by atoms with Crippen LogP contribution < -0.4 is 25.0 Å². The summed E-state index contributed by atoms with van der Waals surface area (Å²) < 4.78 is 11.6. The summed E-state index contributed by atoms with van der Waals surface area (Å²) in [7, 11) is 3.14. The first-order chi connectivity index (χ1) is 21.2. The van der Waals surface area contributed by atoms with Crippen LogP contribution in [0.25, 0.3) is 17.0 Å². The van der Waals surface area contributed by atoms with E-state index in [1.165, 1.54) is 11.0 Å². The minimum absolute atomic E-state index is 0.0624. The van der Waals surface area contributed by atoms with Crippen molar-refractivity contribution in [3.05, 3.63) is 99.7 Å². The van der Waals surface area contributed by atoms with Gasteiger partial charge >= 0.3 is 0 Å². The highest BCUT2D eigenvalue weighted by Gasteiger charge is 2.19. The van der Waals surface area contributed by atoms with E-state index < -0.39 is 5.91 Å². The molecule has 11 heteroatoms. The molecule has 0 aliphatic heterocycles. The van der Waals surface area contributed by atoms with Crippen molar-refractivity contribution >= 4 is 63.6 Å². The molecule has 3 amide bonds. The molecule has 0 aliphatic carbocycles. The molecule has 0 saturated carbocycles. The van der Waals surface area contributed by atoms with E-state index in [1.807, 2.05) is 37.3 Å². The van der Waals surface area contributed by atoms with Gasteiger partial charge in [-0.3, -0.25) is 14.4 Å². The number of benzene rings is 3. The molecule has 9 nitrogen and oxygen atoms in total. The number of rotatable bonds is 12. The Bertz CT molecular complexity index is 1690. The number of hydrogen-bond acceptors (Lipinski definition) is 6. The van der Waals surface area contributed by atoms with E-state index >= 15 is 0 Å². The first-order valence-corrected chi connectivity index (χ1v) is 14.5. The molecule has 0 fully saturated rings. The lowest BCUT2D eigenvalue weighted by molar-refractivity contribution is -0.122. The number of nitrogens with zero attached hydrogens (tertiary/aromatic N) is 2. The molecular formula is C33H32Cl2N4O5. The van der Waals surface area contributed by atoms with Crippen LogP contribution >= 0.6 is 23.2 Å². The van der Waals surface area contributed by atoms with Gasteiger partial charge in [0.1, 0.15) is 23.6 Å². The number of ether oxygens (including phenoxy) is 2. The molecule has 0 aliphatic rings. The molecular weight excluding hydrogens is 603 g/mol. The molecule has 0 saturated heterocycles. The summed E-state index contributed by atoms with van der Waals surface area (Å²) in [6.45, 7) is 1.99. The van der Waals surface area contributed by atoms with Crippen LogP contribution in [-0.4, -0.2) is 50.0 Å². The number of likely N-dealkylation sites (N-methyl/N-ethyl adjacent to an activating group) is 1. The number of fused-ring (bicyclic) bond motifs is 1. The lowest BCUT2D eigenvalue weighted by atomic mass is 10.1. The molecule has 0 unspecified atom stereocenters. The normalized spacial score (nSPS) is 10.9. The standard InChI is InChI=1S/C33H32Cl2N4O5/c1-21-7-11-23-5-4-6-28(33(23)38-21)44-20-25-26(34)14-15-27(32(25)35)39(3)31(42)19-37-30(41)16-10-22-8-12-24(13-9-22)43-18-17-29(40)36-2/h4-16H,17-20H2,1-3H3,(H,36,40)(H,37,41). The second-order valence-electron chi connectivity index (χ2n) is 9.77. The van der Waals surface area contributed by atoms with Gasteiger partial charge in [0.15, 0.2) is 0 Å². The van der Waals surface area contributed by atoms with Crippen LogP contribution in [0.15, 0.2) is 72.8 Å². The topological polar surface area (TPSA) is 110 Å². The number of nitrogens with one attached hydrogen (secondary N) is 2. The Morgan fingerprint density at radius 2 is 1.75 bits per heavy atom. The number of aromatic nitrogens is 1. The summed E-state index contributed by atoms with van der Waals surface area (Å²) in [6, 6.07) is 19.9. The summed E-state index contributed by atoms with van der Waals surface area (Å²) in [5, 5.41) is 6.73. The van der Waals surface area contributed by atoms with Gasteiger partial charge in [-0.05, 0) is 55.0 Å². The van der Waals surface area contributed by atoms with Crippen molar-refractivity contribution in [3.8, 4) is 11.5 Å². The van der Waals surface area contributed by atoms with Crippen molar-refractivity contribution in [2.75, 3.05) is 32.1 Å². The van der Waals surface area contributed by atoms with Crippen LogP contribution in [-0.2, 0) is 21.0 Å². The molecule has 0 atom stereocenters. The number of pyridine rings is 1. The van der Waals surface area contributed by atoms with E-state index in [-0.39, 0.29) is 43.0 Å². The minimum atomic E-state index is -0.437. The molecule has 0 spiro atoms. The fraction of sp³-hybridized carbons (Fsp3) is 0.212. The Labute approximate surface area is 265 Å². The second-order valence-corrected chi connectivity index (χ2v) is 10.6. The van der Waals surface area contributed by atoms with E-state index in [9.17, 15) is 14.4 Å². The van der Waals surface area contributed by atoms with Gasteiger partial charge in [-0.15, -0.1) is 0 Å². The second kappa shape index (κ2) is 15.2. The van der Waals surface area contributed by atoms with E-state index in [0.717, 1.165) is 22.2 Å². The van der Waals surface area contributed by atoms with E-state index in [0.29, 0.717) is 27.8 Å². The number of halogens is 2. The molecule has 4 rings (SSSR count). The first-order valence-electron chi connectivity index (χ1n) is 13.8. The van der Waals surface area contributed by atoms with Crippen LogP contribution in [0.3, 0.4) is 0 Å². The van der Waals surface area contributed by atoms with Crippen LogP contribution in [0.1, 0.15) is 23.2 Å². The zero-order valence-electron chi connectivity index (χ0n) is 24.5. The fourth-order valence-electron chi connectivity index (χ4n) is 4.17. The largest absolute Gasteiger partial charge is 0.493 e. The molecule has 4 aromatic rings. The smallest absolute Gasteiger partial charge is 0.246 e. The molecule has 0 radical (unpaired) electrons. The van der Waals surface area contributed by atoms with Gasteiger partial charge in [0, 0.05) is 41.8 Å². The van der Waals surface area contributed by atoms with Gasteiger partial charge < -0.3 is 25.0 Å². The quantitative estimate of drug-likeness (QED) is 0.192. The fourth-order valence-corrected chi connectivity index (χ4v) is 4.78. The number of carbonyl (C=O) groups excluding carboxylic acids is 3. The average molecular weight is 636 g/mol.